The molecule has 0 aromatic heterocycles. The Bertz CT molecular complexity index is 992. The fraction of sp³-hybridized carbons (Fsp3) is 0.458. The summed E-state index contributed by atoms with van der Waals surface area (Å²) < 4.78 is 33.7. The van der Waals surface area contributed by atoms with E-state index in [1.54, 1.807) is 43.3 Å². The van der Waals surface area contributed by atoms with Gasteiger partial charge in [0.2, 0.25) is 5.91 Å². The summed E-state index contributed by atoms with van der Waals surface area (Å²) in [7, 11) is -3.95. The second kappa shape index (κ2) is 11.7. The summed E-state index contributed by atoms with van der Waals surface area (Å²) in [6.07, 6.45) is 6.95. The van der Waals surface area contributed by atoms with Gasteiger partial charge in [-0.2, -0.15) is 0 Å². The van der Waals surface area contributed by atoms with Gasteiger partial charge in [-0.25, -0.2) is 8.42 Å². The molecule has 0 unspecified atom stereocenters. The summed E-state index contributed by atoms with van der Waals surface area (Å²) in [6, 6.07) is 13.1. The lowest BCUT2D eigenvalue weighted by Gasteiger charge is -2.26. The van der Waals surface area contributed by atoms with Crippen LogP contribution in [0.2, 0.25) is 5.02 Å². The Kier molecular flexibility index (Phi) is 8.96. The first-order chi connectivity index (χ1) is 15.4. The van der Waals surface area contributed by atoms with Gasteiger partial charge in [-0.1, -0.05) is 55.1 Å². The lowest BCUT2D eigenvalue weighted by Crippen LogP contribution is -2.41. The van der Waals surface area contributed by atoms with Gasteiger partial charge in [-0.3, -0.25) is 9.10 Å². The van der Waals surface area contributed by atoms with Gasteiger partial charge in [0.25, 0.3) is 10.0 Å². The molecule has 3 rings (SSSR count). The largest absolute Gasteiger partial charge is 0.378 e. The van der Waals surface area contributed by atoms with Crippen LogP contribution in [0.15, 0.2) is 53.4 Å². The van der Waals surface area contributed by atoms with Crippen LogP contribution in [-0.4, -0.2) is 40.1 Å². The molecule has 0 atom stereocenters. The number of hydrogen-bond acceptors (Lipinski definition) is 4. The van der Waals surface area contributed by atoms with Crippen LogP contribution >= 0.6 is 11.6 Å². The fourth-order valence-electron chi connectivity index (χ4n) is 3.85. The molecule has 0 heterocycles. The number of nitrogens with one attached hydrogen (secondary N) is 1. The average Bonchev–Trinajstić information content (AvgIpc) is 2.80. The van der Waals surface area contributed by atoms with Gasteiger partial charge in [0.05, 0.1) is 16.7 Å². The number of rotatable bonds is 10. The molecule has 1 fully saturated rings. The number of benzene rings is 2. The molecule has 0 saturated heterocycles. The zero-order valence-electron chi connectivity index (χ0n) is 18.4. The number of carbonyl (C=O) groups is 1. The highest BCUT2D eigenvalue weighted by molar-refractivity contribution is 7.92. The molecule has 8 heteroatoms. The molecule has 1 aliphatic rings. The van der Waals surface area contributed by atoms with Gasteiger partial charge in [0, 0.05) is 18.2 Å². The maximum atomic E-state index is 13.4. The van der Waals surface area contributed by atoms with Crippen molar-refractivity contribution in [2.75, 3.05) is 24.0 Å². The Morgan fingerprint density at radius 1 is 1.09 bits per heavy atom. The van der Waals surface area contributed by atoms with Crippen molar-refractivity contribution in [1.82, 2.24) is 5.32 Å². The van der Waals surface area contributed by atoms with Crippen LogP contribution in [-0.2, 0) is 19.6 Å². The standard InChI is InChI=1S/C24H31ClN2O4S/c1-19-22(25)14-8-15-23(19)27(32(29,30)21-12-6-3-7-13-21)18-24(28)26-16-9-17-31-20-10-4-2-5-11-20/h3,6-8,12-15,20H,2,4-5,9-11,16-18H2,1H3,(H,26,28). The molecule has 1 saturated carbocycles. The van der Waals surface area contributed by atoms with Crippen LogP contribution in [0, 0.1) is 6.92 Å². The van der Waals surface area contributed by atoms with Crippen LogP contribution in [0.5, 0.6) is 0 Å². The van der Waals surface area contributed by atoms with Crippen molar-refractivity contribution in [3.05, 3.63) is 59.1 Å². The van der Waals surface area contributed by atoms with E-state index in [1.807, 2.05) is 0 Å². The number of nitrogens with zero attached hydrogens (tertiary/aromatic N) is 1. The van der Waals surface area contributed by atoms with Crippen LogP contribution in [0.1, 0.15) is 44.1 Å². The predicted octanol–water partition coefficient (Wildman–Crippen LogP) is 4.70. The number of ether oxygens (including phenoxy) is 1. The lowest BCUT2D eigenvalue weighted by molar-refractivity contribution is -0.119. The number of amides is 1. The van der Waals surface area contributed by atoms with E-state index in [4.69, 9.17) is 16.3 Å². The van der Waals surface area contributed by atoms with Crippen LogP contribution in [0.3, 0.4) is 0 Å². The minimum absolute atomic E-state index is 0.119. The maximum absolute atomic E-state index is 13.4. The van der Waals surface area contributed by atoms with Gasteiger partial charge < -0.3 is 10.1 Å². The molecule has 2 aromatic carbocycles. The van der Waals surface area contributed by atoms with Crippen molar-refractivity contribution in [3.8, 4) is 0 Å². The summed E-state index contributed by atoms with van der Waals surface area (Å²) in [5.41, 5.74) is 0.986. The number of carbonyl (C=O) groups excluding carboxylic acids is 1. The van der Waals surface area contributed by atoms with E-state index in [9.17, 15) is 13.2 Å². The third-order valence-electron chi connectivity index (χ3n) is 5.68. The third-order valence-corrected chi connectivity index (χ3v) is 7.86. The molecular formula is C24H31ClN2O4S. The molecule has 1 N–H and O–H groups in total. The number of hydrogen-bond donors (Lipinski definition) is 1. The highest BCUT2D eigenvalue weighted by Gasteiger charge is 2.28. The van der Waals surface area contributed by atoms with E-state index in [0.29, 0.717) is 41.9 Å². The summed E-state index contributed by atoms with van der Waals surface area (Å²) in [5, 5.41) is 3.26. The van der Waals surface area contributed by atoms with Crippen LogP contribution in [0.4, 0.5) is 5.69 Å². The monoisotopic (exact) mass is 478 g/mol. The molecule has 0 aliphatic heterocycles. The first kappa shape index (κ1) is 24.6. The molecule has 32 heavy (non-hydrogen) atoms. The normalized spacial score (nSPS) is 14.8. The summed E-state index contributed by atoms with van der Waals surface area (Å²) in [6.45, 7) is 2.43. The molecular weight excluding hydrogens is 448 g/mol. The minimum atomic E-state index is -3.95. The second-order valence-electron chi connectivity index (χ2n) is 8.04. The Labute approximate surface area is 196 Å². The van der Waals surface area contributed by atoms with Crippen molar-refractivity contribution >= 4 is 33.2 Å². The molecule has 174 valence electrons. The lowest BCUT2D eigenvalue weighted by atomic mass is 9.98. The fourth-order valence-corrected chi connectivity index (χ4v) is 5.52. The van der Waals surface area contributed by atoms with E-state index in [0.717, 1.165) is 17.1 Å². The van der Waals surface area contributed by atoms with Gasteiger partial charge in [0.1, 0.15) is 6.54 Å². The van der Waals surface area contributed by atoms with E-state index in [1.165, 1.54) is 31.4 Å². The molecule has 2 aromatic rings. The smallest absolute Gasteiger partial charge is 0.264 e. The number of halogens is 1. The van der Waals surface area contributed by atoms with Crippen molar-refractivity contribution in [1.29, 1.82) is 0 Å². The van der Waals surface area contributed by atoms with Gasteiger partial charge in [-0.15, -0.1) is 0 Å². The zero-order valence-corrected chi connectivity index (χ0v) is 20.0. The van der Waals surface area contributed by atoms with Crippen molar-refractivity contribution in [3.63, 3.8) is 0 Å². The molecule has 1 amide bonds. The quantitative estimate of drug-likeness (QED) is 0.502. The van der Waals surface area contributed by atoms with Gasteiger partial charge in [0.15, 0.2) is 0 Å². The number of sulfonamides is 1. The summed E-state index contributed by atoms with van der Waals surface area (Å²) in [5.74, 6) is -0.374. The number of anilines is 1. The highest BCUT2D eigenvalue weighted by atomic mass is 35.5. The summed E-state index contributed by atoms with van der Waals surface area (Å²) >= 11 is 6.24. The molecule has 0 spiro atoms. The highest BCUT2D eigenvalue weighted by Crippen LogP contribution is 2.30. The first-order valence-corrected chi connectivity index (χ1v) is 12.9. The van der Waals surface area contributed by atoms with Crippen molar-refractivity contribution < 1.29 is 17.9 Å². The van der Waals surface area contributed by atoms with Gasteiger partial charge >= 0.3 is 0 Å². The zero-order chi connectivity index (χ0) is 23.0. The molecule has 0 radical (unpaired) electrons. The SMILES string of the molecule is Cc1c(Cl)cccc1N(CC(=O)NCCCOC1CCCCC1)S(=O)(=O)c1ccccc1. The molecule has 0 bridgehead atoms. The minimum Gasteiger partial charge on any atom is -0.378 e. The predicted molar refractivity (Wildman–Crippen MR) is 128 cm³/mol. The summed E-state index contributed by atoms with van der Waals surface area (Å²) in [4.78, 5) is 12.8. The average molecular weight is 479 g/mol. The maximum Gasteiger partial charge on any atom is 0.264 e. The third kappa shape index (κ3) is 6.47. The first-order valence-electron chi connectivity index (χ1n) is 11.1. The topological polar surface area (TPSA) is 75.7 Å². The Balaban J connectivity index is 1.65. The molecule has 1 aliphatic carbocycles. The Morgan fingerprint density at radius 3 is 2.53 bits per heavy atom. The van der Waals surface area contributed by atoms with Crippen molar-refractivity contribution in [2.24, 2.45) is 0 Å². The Morgan fingerprint density at radius 2 is 1.81 bits per heavy atom. The second-order valence-corrected chi connectivity index (χ2v) is 10.3. The van der Waals surface area contributed by atoms with Crippen LogP contribution in [0.25, 0.3) is 0 Å². The van der Waals surface area contributed by atoms with E-state index >= 15 is 0 Å². The van der Waals surface area contributed by atoms with Gasteiger partial charge in [-0.05, 0) is 56.0 Å². The van der Waals surface area contributed by atoms with E-state index in [-0.39, 0.29) is 17.3 Å². The van der Waals surface area contributed by atoms with E-state index < -0.39 is 10.0 Å². The van der Waals surface area contributed by atoms with E-state index in [2.05, 4.69) is 5.32 Å². The Hall–Kier alpha value is -2.09. The van der Waals surface area contributed by atoms with Crippen LogP contribution < -0.4 is 9.62 Å². The molecule has 6 nitrogen and oxygen atoms in total. The van der Waals surface area contributed by atoms with Crippen molar-refractivity contribution in [2.45, 2.75) is 56.4 Å².